The van der Waals surface area contributed by atoms with Gasteiger partial charge in [0, 0.05) is 46.1 Å². The first-order valence-electron chi connectivity index (χ1n) is 10.8. The van der Waals surface area contributed by atoms with Gasteiger partial charge in [-0.3, -0.25) is 4.99 Å². The van der Waals surface area contributed by atoms with Crippen LogP contribution in [0, 0.1) is 5.82 Å². The molecular weight excluding hydrogens is 533 g/mol. The second-order valence-electron chi connectivity index (χ2n) is 8.33. The minimum Gasteiger partial charge on any atom is -0.453 e. The molecule has 0 saturated carbocycles. The van der Waals surface area contributed by atoms with Crippen LogP contribution in [0.5, 0.6) is 0 Å². The average molecular weight is 551 g/mol. The molecule has 0 radical (unpaired) electrons. The zero-order valence-electron chi connectivity index (χ0n) is 19.1. The number of amidine groups is 1. The maximum absolute atomic E-state index is 13.9. The second kappa shape index (κ2) is 9.63. The summed E-state index contributed by atoms with van der Waals surface area (Å²) in [6.45, 7) is -2.91. The normalized spacial score (nSPS) is 21.2. The van der Waals surface area contributed by atoms with Crippen molar-refractivity contribution in [3.05, 3.63) is 74.8 Å². The highest BCUT2D eigenvalue weighted by Crippen LogP contribution is 2.47. The van der Waals surface area contributed by atoms with Crippen molar-refractivity contribution in [1.82, 2.24) is 25.0 Å². The smallest absolute Gasteiger partial charge is 0.407 e. The van der Waals surface area contributed by atoms with Crippen LogP contribution in [0.2, 0.25) is 5.02 Å². The van der Waals surface area contributed by atoms with E-state index in [4.69, 9.17) is 21.3 Å². The van der Waals surface area contributed by atoms with Gasteiger partial charge in [0.2, 0.25) is 0 Å². The highest BCUT2D eigenvalue weighted by Gasteiger charge is 2.49. The molecule has 2 aliphatic heterocycles. The number of aromatic nitrogens is 3. The van der Waals surface area contributed by atoms with Crippen molar-refractivity contribution in [3.63, 3.8) is 0 Å². The van der Waals surface area contributed by atoms with E-state index in [1.165, 1.54) is 36.6 Å². The number of hydrogen-bond acceptors (Lipinski definition) is 8. The highest BCUT2D eigenvalue weighted by atomic mass is 35.5. The van der Waals surface area contributed by atoms with Gasteiger partial charge in [-0.2, -0.15) is 13.9 Å². The third-order valence-corrected chi connectivity index (χ3v) is 7.16. The number of amides is 1. The van der Waals surface area contributed by atoms with E-state index < -0.39 is 30.0 Å². The molecule has 14 heteroatoms. The number of rotatable bonds is 6. The Balaban J connectivity index is 1.75. The number of alkyl halides is 2. The Bertz CT molecular complexity index is 1430. The molecule has 2 atom stereocenters. The van der Waals surface area contributed by atoms with E-state index in [2.05, 4.69) is 15.4 Å². The standard InChI is InChI=1S/C23H18ClF3N6O3S/c1-36-22(35)30-23(11-34)9-16-17(15-4-6-33(31-15)21(26)27)18(13-3-2-12(25)8-14(13)24)29-19(32(16)10-23)20-28-5-7-37-20/h2-8,11,18,21H,9-10H2,1H3,(H,30,35)/t18-,23-/m0/s1. The molecule has 9 nitrogen and oxygen atoms in total. The molecule has 0 bridgehead atoms. The molecule has 192 valence electrons. The van der Waals surface area contributed by atoms with Gasteiger partial charge < -0.3 is 19.7 Å². The summed E-state index contributed by atoms with van der Waals surface area (Å²) in [5.41, 5.74) is 0.0124. The third kappa shape index (κ3) is 4.48. The van der Waals surface area contributed by atoms with Crippen LogP contribution in [0.1, 0.15) is 35.3 Å². The molecule has 37 heavy (non-hydrogen) atoms. The van der Waals surface area contributed by atoms with Crippen LogP contribution < -0.4 is 5.32 Å². The minimum atomic E-state index is -2.89. The molecule has 0 spiro atoms. The fourth-order valence-corrected chi connectivity index (χ4v) is 5.37. The number of alkyl carbamates (subject to hydrolysis) is 1. The Morgan fingerprint density at radius 3 is 2.81 bits per heavy atom. The number of hydrogen-bond donors (Lipinski definition) is 1. The molecule has 1 amide bonds. The number of methoxy groups -OCH3 is 1. The number of aldehydes is 1. The van der Waals surface area contributed by atoms with Crippen LogP contribution in [0.25, 0.3) is 5.57 Å². The van der Waals surface area contributed by atoms with Gasteiger partial charge in [0.15, 0.2) is 10.8 Å². The van der Waals surface area contributed by atoms with Crippen molar-refractivity contribution < 1.29 is 27.5 Å². The number of fused-ring (bicyclic) bond motifs is 1. The lowest BCUT2D eigenvalue weighted by atomic mass is 9.90. The van der Waals surface area contributed by atoms with E-state index in [0.717, 1.165) is 12.3 Å². The SMILES string of the molecule is COC(=O)N[C@@]1(C=O)CC2=C(c3ccn(C(F)F)n3)[C@H](c3ccc(F)cc3Cl)N=C(c3nccs3)N2C1. The predicted molar refractivity (Wildman–Crippen MR) is 129 cm³/mol. The molecule has 4 heterocycles. The largest absolute Gasteiger partial charge is 0.453 e. The van der Waals surface area contributed by atoms with Gasteiger partial charge in [0.05, 0.1) is 19.3 Å². The van der Waals surface area contributed by atoms with E-state index in [0.29, 0.717) is 38.6 Å². The predicted octanol–water partition coefficient (Wildman–Crippen LogP) is 4.44. The Morgan fingerprint density at radius 1 is 1.38 bits per heavy atom. The van der Waals surface area contributed by atoms with Gasteiger partial charge in [0.1, 0.15) is 23.7 Å². The summed E-state index contributed by atoms with van der Waals surface area (Å²) in [4.78, 5) is 35.4. The van der Waals surface area contributed by atoms with Gasteiger partial charge in [-0.1, -0.05) is 17.7 Å². The minimum absolute atomic E-state index is 0.0255. The third-order valence-electron chi connectivity index (χ3n) is 6.07. The summed E-state index contributed by atoms with van der Waals surface area (Å²) in [7, 11) is 1.17. The molecular formula is C23H18ClF3N6O3S. The molecule has 1 saturated heterocycles. The van der Waals surface area contributed by atoms with Crippen LogP contribution in [0.3, 0.4) is 0 Å². The molecule has 1 fully saturated rings. The van der Waals surface area contributed by atoms with Crippen molar-refractivity contribution in [3.8, 4) is 0 Å². The Morgan fingerprint density at radius 2 is 2.19 bits per heavy atom. The quantitative estimate of drug-likeness (QED) is 0.455. The van der Waals surface area contributed by atoms with E-state index in [1.807, 2.05) is 0 Å². The van der Waals surface area contributed by atoms with Crippen molar-refractivity contribution in [2.24, 2.45) is 4.99 Å². The first kappa shape index (κ1) is 25.0. The van der Waals surface area contributed by atoms with Crippen molar-refractivity contribution in [2.45, 2.75) is 24.6 Å². The molecule has 5 rings (SSSR count). The van der Waals surface area contributed by atoms with Crippen molar-refractivity contribution in [2.75, 3.05) is 13.7 Å². The van der Waals surface area contributed by atoms with Crippen molar-refractivity contribution in [1.29, 1.82) is 0 Å². The number of carbonyl (C=O) groups excluding carboxylic acids is 2. The monoisotopic (exact) mass is 550 g/mol. The number of nitrogens with zero attached hydrogens (tertiary/aromatic N) is 5. The number of halogens is 4. The van der Waals surface area contributed by atoms with Crippen molar-refractivity contribution >= 4 is 46.7 Å². The number of aliphatic imine (C=N–C) groups is 1. The zero-order valence-corrected chi connectivity index (χ0v) is 20.6. The summed E-state index contributed by atoms with van der Waals surface area (Å²) in [6, 6.07) is 4.30. The highest BCUT2D eigenvalue weighted by molar-refractivity contribution is 7.11. The van der Waals surface area contributed by atoms with Crippen LogP contribution >= 0.6 is 22.9 Å². The van der Waals surface area contributed by atoms with Gasteiger partial charge in [-0.05, 0) is 18.2 Å². The lowest BCUT2D eigenvalue weighted by Gasteiger charge is -2.32. The molecule has 1 aromatic carbocycles. The molecule has 1 N–H and O–H groups in total. The van der Waals surface area contributed by atoms with Gasteiger partial charge in [-0.15, -0.1) is 11.3 Å². The van der Waals surface area contributed by atoms with E-state index in [9.17, 15) is 22.8 Å². The first-order chi connectivity index (χ1) is 17.7. The number of benzene rings is 1. The van der Waals surface area contributed by atoms with E-state index in [1.54, 1.807) is 16.5 Å². The van der Waals surface area contributed by atoms with E-state index in [-0.39, 0.29) is 23.7 Å². The molecule has 0 unspecified atom stereocenters. The second-order valence-corrected chi connectivity index (χ2v) is 9.63. The number of thiazole rings is 1. The Hall–Kier alpha value is -3.71. The molecule has 2 aromatic heterocycles. The summed E-state index contributed by atoms with van der Waals surface area (Å²) in [5.74, 6) is -0.183. The maximum atomic E-state index is 13.9. The average Bonchev–Trinajstić information content (AvgIpc) is 3.63. The topological polar surface area (TPSA) is 102 Å². The summed E-state index contributed by atoms with van der Waals surface area (Å²) in [5, 5.41) is 8.95. The lowest BCUT2D eigenvalue weighted by molar-refractivity contribution is -0.112. The Labute approximate surface area is 217 Å². The first-order valence-corrected chi connectivity index (χ1v) is 12.1. The Kier molecular flexibility index (Phi) is 6.50. The number of carbonyl (C=O) groups is 2. The number of ether oxygens (including phenoxy) is 1. The fraction of sp³-hybridized carbons (Fsp3) is 0.261. The van der Waals surface area contributed by atoms with Gasteiger partial charge in [-0.25, -0.2) is 18.9 Å². The van der Waals surface area contributed by atoms with Gasteiger partial charge >= 0.3 is 12.6 Å². The van der Waals surface area contributed by atoms with Gasteiger partial charge in [0.25, 0.3) is 0 Å². The molecule has 0 aliphatic carbocycles. The van der Waals surface area contributed by atoms with E-state index >= 15 is 0 Å². The van der Waals surface area contributed by atoms with Crippen LogP contribution in [-0.2, 0) is 9.53 Å². The molecule has 3 aromatic rings. The summed E-state index contributed by atoms with van der Waals surface area (Å²) < 4.78 is 46.0. The lowest BCUT2D eigenvalue weighted by Crippen LogP contribution is -2.52. The van der Waals surface area contributed by atoms with Crippen LogP contribution in [-0.4, -0.2) is 57.1 Å². The van der Waals surface area contributed by atoms with Crippen LogP contribution in [0.15, 0.2) is 52.7 Å². The summed E-state index contributed by atoms with van der Waals surface area (Å²) in [6.07, 6.45) is 2.46. The molecule has 2 aliphatic rings. The zero-order chi connectivity index (χ0) is 26.3. The summed E-state index contributed by atoms with van der Waals surface area (Å²) >= 11 is 7.72. The maximum Gasteiger partial charge on any atom is 0.407 e. The van der Waals surface area contributed by atoms with Crippen LogP contribution in [0.4, 0.5) is 18.0 Å². The fourth-order valence-electron chi connectivity index (χ4n) is 4.46. The number of nitrogens with one attached hydrogen (secondary N) is 1.